The van der Waals surface area contributed by atoms with Crippen LogP contribution in [0.3, 0.4) is 0 Å². The zero-order valence-corrected chi connectivity index (χ0v) is 15.6. The van der Waals surface area contributed by atoms with Gasteiger partial charge in [-0.25, -0.2) is 0 Å². The topological polar surface area (TPSA) is 94.3 Å². The third-order valence-electron chi connectivity index (χ3n) is 3.51. The van der Waals surface area contributed by atoms with Crippen molar-refractivity contribution in [3.05, 3.63) is 12.4 Å². The lowest BCUT2D eigenvalue weighted by Crippen LogP contribution is -2.40. The molecule has 0 aromatic rings. The highest BCUT2D eigenvalue weighted by molar-refractivity contribution is 5.84. The molecule has 0 spiro atoms. The van der Waals surface area contributed by atoms with Gasteiger partial charge in [-0.05, 0) is 33.7 Å². The van der Waals surface area contributed by atoms with Crippen LogP contribution in [-0.4, -0.2) is 50.6 Å². The molecule has 7 heteroatoms. The number of nitrogens with one attached hydrogen (secondary N) is 5. The lowest BCUT2D eigenvalue weighted by Gasteiger charge is -2.21. The van der Waals surface area contributed by atoms with Crippen LogP contribution in [0.1, 0.15) is 46.5 Å². The van der Waals surface area contributed by atoms with Gasteiger partial charge < -0.3 is 26.6 Å². The molecular weight excluding hydrogens is 306 g/mol. The van der Waals surface area contributed by atoms with Gasteiger partial charge in [-0.3, -0.25) is 9.59 Å². The van der Waals surface area contributed by atoms with Crippen LogP contribution in [-0.2, 0) is 9.59 Å². The molecule has 140 valence electrons. The van der Waals surface area contributed by atoms with Crippen LogP contribution < -0.4 is 26.6 Å². The predicted octanol–water partition coefficient (Wildman–Crippen LogP) is 0.446. The summed E-state index contributed by atoms with van der Waals surface area (Å²) in [6.07, 6.45) is 3.26. The Morgan fingerprint density at radius 3 is 2.17 bits per heavy atom. The Bertz CT molecular complexity index is 387. The van der Waals surface area contributed by atoms with Crippen LogP contribution in [0, 0.1) is 0 Å². The number of amides is 2. The van der Waals surface area contributed by atoms with Gasteiger partial charge in [0.2, 0.25) is 11.8 Å². The first-order chi connectivity index (χ1) is 11.4. The van der Waals surface area contributed by atoms with Gasteiger partial charge in [-0.2, -0.15) is 0 Å². The standard InChI is InChI=1S/C17H35N5O2/c1-6-7-13(2)21-15(4)22-14(3)8-9-16(23)20-12-17(24)19-11-10-18-5/h13-14,18,21-22H,4,6-12H2,1-3,5H3,(H,19,24)(H,20,23). The molecule has 0 aliphatic rings. The molecule has 7 nitrogen and oxygen atoms in total. The van der Waals surface area contributed by atoms with Crippen LogP contribution in [0.4, 0.5) is 0 Å². The highest BCUT2D eigenvalue weighted by Gasteiger charge is 2.09. The van der Waals surface area contributed by atoms with Crippen molar-refractivity contribution in [3.63, 3.8) is 0 Å². The summed E-state index contributed by atoms with van der Waals surface area (Å²) in [6.45, 7) is 11.5. The highest BCUT2D eigenvalue weighted by Crippen LogP contribution is 2.00. The summed E-state index contributed by atoms with van der Waals surface area (Å²) in [7, 11) is 1.82. The number of hydrogen-bond acceptors (Lipinski definition) is 5. The molecule has 0 heterocycles. The monoisotopic (exact) mass is 341 g/mol. The summed E-state index contributed by atoms with van der Waals surface area (Å²) in [5.41, 5.74) is 0. The van der Waals surface area contributed by atoms with Crippen molar-refractivity contribution in [1.29, 1.82) is 0 Å². The minimum atomic E-state index is -0.174. The zero-order chi connectivity index (χ0) is 18.4. The summed E-state index contributed by atoms with van der Waals surface area (Å²) in [5.74, 6) is 0.491. The van der Waals surface area contributed by atoms with Crippen LogP contribution >= 0.6 is 0 Å². The fraction of sp³-hybridized carbons (Fsp3) is 0.765. The number of rotatable bonds is 14. The SMILES string of the molecule is C=C(NC(C)CCC)NC(C)CCC(=O)NCC(=O)NCCNC. The number of carbonyl (C=O) groups is 2. The molecule has 0 rings (SSSR count). The average molecular weight is 342 g/mol. The molecular formula is C17H35N5O2. The van der Waals surface area contributed by atoms with E-state index in [1.807, 2.05) is 14.0 Å². The minimum absolute atomic E-state index is 0.0210. The molecule has 0 saturated heterocycles. The Kier molecular flexibility index (Phi) is 12.7. The normalized spacial score (nSPS) is 12.8. The molecule has 2 unspecified atom stereocenters. The van der Waals surface area contributed by atoms with Crippen LogP contribution in [0.25, 0.3) is 0 Å². The van der Waals surface area contributed by atoms with Gasteiger partial charge in [-0.15, -0.1) is 0 Å². The molecule has 0 radical (unpaired) electrons. The molecule has 24 heavy (non-hydrogen) atoms. The van der Waals surface area contributed by atoms with E-state index in [9.17, 15) is 9.59 Å². The van der Waals surface area contributed by atoms with Crippen LogP contribution in [0.15, 0.2) is 12.4 Å². The number of likely N-dealkylation sites (N-methyl/N-ethyl adjacent to an activating group) is 1. The average Bonchev–Trinajstić information content (AvgIpc) is 2.51. The summed E-state index contributed by atoms with van der Waals surface area (Å²) in [6, 6.07) is 0.515. The van der Waals surface area contributed by atoms with Crippen molar-refractivity contribution in [2.45, 2.75) is 58.5 Å². The van der Waals surface area contributed by atoms with E-state index in [1.165, 1.54) is 0 Å². The van der Waals surface area contributed by atoms with Crippen molar-refractivity contribution < 1.29 is 9.59 Å². The Hall–Kier alpha value is -1.76. The first-order valence-electron chi connectivity index (χ1n) is 8.79. The fourth-order valence-electron chi connectivity index (χ4n) is 2.22. The minimum Gasteiger partial charge on any atom is -0.370 e. The lowest BCUT2D eigenvalue weighted by atomic mass is 10.1. The molecule has 5 N–H and O–H groups in total. The number of hydrogen-bond donors (Lipinski definition) is 5. The Balaban J connectivity index is 3.81. The second-order valence-electron chi connectivity index (χ2n) is 6.13. The lowest BCUT2D eigenvalue weighted by molar-refractivity contribution is -0.126. The van der Waals surface area contributed by atoms with Gasteiger partial charge in [0.05, 0.1) is 12.4 Å². The molecule has 0 bridgehead atoms. The Labute approximate surface area is 146 Å². The fourth-order valence-corrected chi connectivity index (χ4v) is 2.22. The van der Waals surface area contributed by atoms with E-state index in [2.05, 4.69) is 47.0 Å². The van der Waals surface area contributed by atoms with E-state index in [1.54, 1.807) is 0 Å². The smallest absolute Gasteiger partial charge is 0.239 e. The Morgan fingerprint density at radius 2 is 1.58 bits per heavy atom. The molecule has 2 amide bonds. The molecule has 0 fully saturated rings. The maximum absolute atomic E-state index is 11.8. The summed E-state index contributed by atoms with van der Waals surface area (Å²) in [4.78, 5) is 23.2. The summed E-state index contributed by atoms with van der Waals surface area (Å²) < 4.78 is 0. The molecule has 0 saturated carbocycles. The van der Waals surface area contributed by atoms with E-state index < -0.39 is 0 Å². The predicted molar refractivity (Wildman–Crippen MR) is 98.4 cm³/mol. The van der Waals surface area contributed by atoms with Crippen molar-refractivity contribution in [2.24, 2.45) is 0 Å². The first-order valence-corrected chi connectivity index (χ1v) is 8.79. The van der Waals surface area contributed by atoms with Crippen molar-refractivity contribution >= 4 is 11.8 Å². The first kappa shape index (κ1) is 22.2. The van der Waals surface area contributed by atoms with Crippen molar-refractivity contribution in [3.8, 4) is 0 Å². The quantitative estimate of drug-likeness (QED) is 0.296. The molecule has 0 aromatic carbocycles. The van der Waals surface area contributed by atoms with Gasteiger partial charge in [0.15, 0.2) is 0 Å². The van der Waals surface area contributed by atoms with E-state index in [-0.39, 0.29) is 24.4 Å². The van der Waals surface area contributed by atoms with E-state index >= 15 is 0 Å². The van der Waals surface area contributed by atoms with Gasteiger partial charge in [0.1, 0.15) is 0 Å². The van der Waals surface area contributed by atoms with Gasteiger partial charge in [0, 0.05) is 31.6 Å². The van der Waals surface area contributed by atoms with Gasteiger partial charge in [-0.1, -0.05) is 19.9 Å². The third kappa shape index (κ3) is 12.8. The maximum Gasteiger partial charge on any atom is 0.239 e. The molecule has 2 atom stereocenters. The second kappa shape index (κ2) is 13.7. The van der Waals surface area contributed by atoms with Crippen molar-refractivity contribution in [2.75, 3.05) is 26.7 Å². The second-order valence-corrected chi connectivity index (χ2v) is 6.13. The van der Waals surface area contributed by atoms with Gasteiger partial charge >= 0.3 is 0 Å². The summed E-state index contributed by atoms with van der Waals surface area (Å²) in [5, 5.41) is 14.8. The van der Waals surface area contributed by atoms with E-state index in [0.717, 1.165) is 18.7 Å². The van der Waals surface area contributed by atoms with Crippen LogP contribution in [0.5, 0.6) is 0 Å². The Morgan fingerprint density at radius 1 is 0.958 bits per heavy atom. The molecule has 0 aromatic heterocycles. The number of carbonyl (C=O) groups excluding carboxylic acids is 2. The zero-order valence-electron chi connectivity index (χ0n) is 15.6. The largest absolute Gasteiger partial charge is 0.370 e. The van der Waals surface area contributed by atoms with E-state index in [0.29, 0.717) is 32.0 Å². The van der Waals surface area contributed by atoms with E-state index in [4.69, 9.17) is 0 Å². The molecule has 0 aliphatic carbocycles. The molecule has 0 aliphatic heterocycles. The summed E-state index contributed by atoms with van der Waals surface area (Å²) >= 11 is 0. The van der Waals surface area contributed by atoms with Gasteiger partial charge in [0.25, 0.3) is 0 Å². The third-order valence-corrected chi connectivity index (χ3v) is 3.51. The highest BCUT2D eigenvalue weighted by atomic mass is 16.2. The van der Waals surface area contributed by atoms with Crippen molar-refractivity contribution in [1.82, 2.24) is 26.6 Å². The maximum atomic E-state index is 11.8. The van der Waals surface area contributed by atoms with Crippen LogP contribution in [0.2, 0.25) is 0 Å².